The highest BCUT2D eigenvalue weighted by molar-refractivity contribution is 6.10. The summed E-state index contributed by atoms with van der Waals surface area (Å²) in [6.45, 7) is 10.3. The van der Waals surface area contributed by atoms with Crippen LogP contribution in [0, 0.1) is 12.3 Å². The minimum Gasteiger partial charge on any atom is -0.362 e. The molecule has 2 aromatic rings. The van der Waals surface area contributed by atoms with E-state index in [1.807, 2.05) is 38.1 Å². The third-order valence-electron chi connectivity index (χ3n) is 6.60. The van der Waals surface area contributed by atoms with Gasteiger partial charge in [0, 0.05) is 40.6 Å². The lowest BCUT2D eigenvalue weighted by Gasteiger charge is -2.39. The number of benzene rings is 2. The predicted octanol–water partition coefficient (Wildman–Crippen LogP) is 5.80. The van der Waals surface area contributed by atoms with E-state index < -0.39 is 0 Å². The molecule has 4 nitrogen and oxygen atoms in total. The summed E-state index contributed by atoms with van der Waals surface area (Å²) in [5.74, 6) is -0.412. The molecule has 1 heterocycles. The zero-order valence-corrected chi connectivity index (χ0v) is 19.6. The van der Waals surface area contributed by atoms with Gasteiger partial charge in [0.1, 0.15) is 0 Å². The Balaban J connectivity index is 1.81. The smallest absolute Gasteiger partial charge is 0.254 e. The number of hydrogen-bond acceptors (Lipinski definition) is 3. The molecule has 166 valence electrons. The van der Waals surface area contributed by atoms with Crippen molar-refractivity contribution in [2.24, 2.45) is 5.41 Å². The highest BCUT2D eigenvalue weighted by Gasteiger charge is 2.42. The molecule has 1 atom stereocenters. The van der Waals surface area contributed by atoms with Crippen molar-refractivity contribution in [1.82, 2.24) is 5.32 Å². The summed E-state index contributed by atoms with van der Waals surface area (Å²) in [5, 5.41) is 6.52. The standard InChI is InChI=1S/C28H32N2O2/c1-6-19-11-13-20(14-12-19)25-24(27(32)30-21-10-8-7-9-17(21)2)18(3)29-22-15-28(4,5)16-23(31)26(22)25/h7-14,25,29H,6,15-16H2,1-5H3,(H,30,32). The van der Waals surface area contributed by atoms with Crippen molar-refractivity contribution in [1.29, 1.82) is 0 Å². The fourth-order valence-electron chi connectivity index (χ4n) is 4.92. The molecule has 0 bridgehead atoms. The Kier molecular flexibility index (Phi) is 5.81. The average molecular weight is 429 g/mol. The molecule has 4 heteroatoms. The number of anilines is 1. The van der Waals surface area contributed by atoms with Crippen LogP contribution in [0.1, 0.15) is 63.1 Å². The van der Waals surface area contributed by atoms with E-state index in [1.165, 1.54) is 5.56 Å². The summed E-state index contributed by atoms with van der Waals surface area (Å²) in [5.41, 5.74) is 7.04. The minimum atomic E-state index is -0.371. The van der Waals surface area contributed by atoms with Crippen molar-refractivity contribution in [3.8, 4) is 0 Å². The number of carbonyl (C=O) groups is 2. The molecule has 0 spiro atoms. The molecule has 1 unspecified atom stereocenters. The van der Waals surface area contributed by atoms with E-state index in [9.17, 15) is 9.59 Å². The second-order valence-corrected chi connectivity index (χ2v) is 9.79. The summed E-state index contributed by atoms with van der Waals surface area (Å²) in [4.78, 5) is 27.0. The third kappa shape index (κ3) is 4.14. The molecular weight excluding hydrogens is 396 g/mol. The normalized spacial score (nSPS) is 20.0. The number of Topliss-reactive ketones (excluding diaryl/α,β-unsaturated/α-hetero) is 1. The third-order valence-corrected chi connectivity index (χ3v) is 6.60. The number of aryl methyl sites for hydroxylation is 2. The van der Waals surface area contributed by atoms with Gasteiger partial charge in [0.2, 0.25) is 0 Å². The lowest BCUT2D eigenvalue weighted by atomic mass is 9.68. The van der Waals surface area contributed by atoms with Crippen LogP contribution in [-0.2, 0) is 16.0 Å². The van der Waals surface area contributed by atoms with Crippen molar-refractivity contribution >= 4 is 17.4 Å². The zero-order valence-electron chi connectivity index (χ0n) is 19.6. The number of rotatable bonds is 4. The van der Waals surface area contributed by atoms with Gasteiger partial charge in [-0.3, -0.25) is 9.59 Å². The molecule has 0 fully saturated rings. The van der Waals surface area contributed by atoms with Crippen molar-refractivity contribution < 1.29 is 9.59 Å². The SMILES string of the molecule is CCc1ccc(C2C(C(=O)Nc3ccccc3C)=C(C)NC3=C2C(=O)CC(C)(C)C3)cc1. The van der Waals surface area contributed by atoms with Crippen LogP contribution in [0.25, 0.3) is 0 Å². The van der Waals surface area contributed by atoms with Crippen molar-refractivity contribution in [3.05, 3.63) is 87.8 Å². The highest BCUT2D eigenvalue weighted by Crippen LogP contribution is 2.46. The first kappa shape index (κ1) is 22.1. The number of hydrogen-bond donors (Lipinski definition) is 2. The van der Waals surface area contributed by atoms with Crippen LogP contribution in [0.5, 0.6) is 0 Å². The topological polar surface area (TPSA) is 58.2 Å². The van der Waals surface area contributed by atoms with Gasteiger partial charge in [0.25, 0.3) is 5.91 Å². The van der Waals surface area contributed by atoms with Crippen molar-refractivity contribution in [3.63, 3.8) is 0 Å². The lowest BCUT2D eigenvalue weighted by Crippen LogP contribution is -2.39. The summed E-state index contributed by atoms with van der Waals surface area (Å²) >= 11 is 0. The van der Waals surface area contributed by atoms with Crippen LogP contribution in [0.4, 0.5) is 5.69 Å². The molecule has 1 amide bonds. The van der Waals surface area contributed by atoms with Gasteiger partial charge < -0.3 is 10.6 Å². The summed E-state index contributed by atoms with van der Waals surface area (Å²) in [7, 11) is 0. The Labute approximate surface area is 190 Å². The molecule has 0 aromatic heterocycles. The van der Waals surface area contributed by atoms with E-state index in [0.717, 1.165) is 46.6 Å². The van der Waals surface area contributed by atoms with Gasteiger partial charge in [-0.05, 0) is 54.9 Å². The van der Waals surface area contributed by atoms with Crippen LogP contribution in [-0.4, -0.2) is 11.7 Å². The van der Waals surface area contributed by atoms with E-state index >= 15 is 0 Å². The first-order chi connectivity index (χ1) is 15.2. The average Bonchev–Trinajstić information content (AvgIpc) is 2.73. The number of carbonyl (C=O) groups excluding carboxylic acids is 2. The summed E-state index contributed by atoms with van der Waals surface area (Å²) in [6.07, 6.45) is 2.23. The molecule has 2 N–H and O–H groups in total. The Morgan fingerprint density at radius 2 is 1.75 bits per heavy atom. The summed E-state index contributed by atoms with van der Waals surface area (Å²) < 4.78 is 0. The van der Waals surface area contributed by atoms with Gasteiger partial charge in [-0.1, -0.05) is 63.2 Å². The largest absolute Gasteiger partial charge is 0.362 e. The van der Waals surface area contributed by atoms with Gasteiger partial charge in [-0.15, -0.1) is 0 Å². The van der Waals surface area contributed by atoms with E-state index in [-0.39, 0.29) is 23.0 Å². The Bertz CT molecular complexity index is 1140. The number of nitrogens with one attached hydrogen (secondary N) is 2. The zero-order chi connectivity index (χ0) is 23.0. The Morgan fingerprint density at radius 1 is 1.06 bits per heavy atom. The number of dihydropyridines is 1. The van der Waals surface area contributed by atoms with Crippen LogP contribution in [0.15, 0.2) is 71.1 Å². The second kappa shape index (κ2) is 8.42. The molecule has 2 aliphatic rings. The maximum Gasteiger partial charge on any atom is 0.254 e. The van der Waals surface area contributed by atoms with Crippen LogP contribution < -0.4 is 10.6 Å². The van der Waals surface area contributed by atoms with Crippen LogP contribution >= 0.6 is 0 Å². The molecule has 0 radical (unpaired) electrons. The quantitative estimate of drug-likeness (QED) is 0.647. The Morgan fingerprint density at radius 3 is 2.41 bits per heavy atom. The van der Waals surface area contributed by atoms with Gasteiger partial charge in [-0.2, -0.15) is 0 Å². The molecule has 32 heavy (non-hydrogen) atoms. The Hall–Kier alpha value is -3.14. The van der Waals surface area contributed by atoms with E-state index in [1.54, 1.807) is 0 Å². The fourth-order valence-corrected chi connectivity index (χ4v) is 4.92. The van der Waals surface area contributed by atoms with Crippen LogP contribution in [0.3, 0.4) is 0 Å². The fraction of sp³-hybridized carbons (Fsp3) is 0.357. The monoisotopic (exact) mass is 428 g/mol. The van der Waals surface area contributed by atoms with Crippen LogP contribution in [0.2, 0.25) is 0 Å². The predicted molar refractivity (Wildman–Crippen MR) is 129 cm³/mol. The van der Waals surface area contributed by atoms with E-state index in [0.29, 0.717) is 12.0 Å². The molecule has 4 rings (SSSR count). The van der Waals surface area contributed by atoms with Gasteiger partial charge in [0.15, 0.2) is 5.78 Å². The molecular formula is C28H32N2O2. The number of para-hydroxylation sites is 1. The van der Waals surface area contributed by atoms with Crippen molar-refractivity contribution in [2.45, 2.75) is 59.8 Å². The van der Waals surface area contributed by atoms with E-state index in [4.69, 9.17) is 0 Å². The highest BCUT2D eigenvalue weighted by atomic mass is 16.2. The second-order valence-electron chi connectivity index (χ2n) is 9.79. The maximum absolute atomic E-state index is 13.6. The van der Waals surface area contributed by atoms with E-state index in [2.05, 4.69) is 55.7 Å². The van der Waals surface area contributed by atoms with Gasteiger partial charge in [-0.25, -0.2) is 0 Å². The molecule has 2 aromatic carbocycles. The van der Waals surface area contributed by atoms with Gasteiger partial charge >= 0.3 is 0 Å². The number of amides is 1. The number of ketones is 1. The molecule has 0 saturated heterocycles. The minimum absolute atomic E-state index is 0.0965. The lowest BCUT2D eigenvalue weighted by molar-refractivity contribution is -0.118. The molecule has 0 saturated carbocycles. The maximum atomic E-state index is 13.6. The molecule has 1 aliphatic heterocycles. The van der Waals surface area contributed by atoms with Crippen molar-refractivity contribution in [2.75, 3.05) is 5.32 Å². The number of allylic oxidation sites excluding steroid dienone is 3. The van der Waals surface area contributed by atoms with Gasteiger partial charge in [0.05, 0.1) is 0 Å². The first-order valence-corrected chi connectivity index (χ1v) is 11.4. The summed E-state index contributed by atoms with van der Waals surface area (Å²) in [6, 6.07) is 16.1. The first-order valence-electron chi connectivity index (χ1n) is 11.4. The molecule has 1 aliphatic carbocycles.